The van der Waals surface area contributed by atoms with E-state index in [1.165, 1.54) is 11.3 Å². The minimum atomic E-state index is 0.457. The maximum atomic E-state index is 8.58. The van der Waals surface area contributed by atoms with Crippen LogP contribution < -0.4 is 0 Å². The molecule has 0 aliphatic heterocycles. The molecular weight excluding hydrogens is 192 g/mol. The second kappa shape index (κ2) is 2.74. The number of fused-ring (bicyclic) bond motifs is 1. The van der Waals surface area contributed by atoms with E-state index in [9.17, 15) is 0 Å². The smallest absolute Gasteiger partial charge is 0.195 e. The average molecular weight is 195 g/mol. The number of nitrogens with zero attached hydrogens (tertiary/aromatic N) is 2. The molecule has 0 atom stereocenters. The fourth-order valence-corrected chi connectivity index (χ4v) is 2.02. The molecule has 0 saturated carbocycles. The standard InChI is InChI=1S/C8H3ClN2S/c9-5-2-1-3-6-8(5)12-7(4-10)11-6/h1-3H. The largest absolute Gasteiger partial charge is 0.226 e. The number of hydrogen-bond acceptors (Lipinski definition) is 3. The first-order chi connectivity index (χ1) is 5.81. The van der Waals surface area contributed by atoms with Crippen molar-refractivity contribution in [2.75, 3.05) is 0 Å². The second-order valence-electron chi connectivity index (χ2n) is 2.22. The molecule has 2 nitrogen and oxygen atoms in total. The Balaban J connectivity index is 2.85. The van der Waals surface area contributed by atoms with E-state index >= 15 is 0 Å². The lowest BCUT2D eigenvalue weighted by Gasteiger charge is -1.87. The number of aromatic nitrogens is 1. The Kier molecular flexibility index (Phi) is 1.72. The van der Waals surface area contributed by atoms with Crippen LogP contribution in [0.1, 0.15) is 5.01 Å². The number of benzene rings is 1. The van der Waals surface area contributed by atoms with Crippen molar-refractivity contribution in [1.29, 1.82) is 5.26 Å². The lowest BCUT2D eigenvalue weighted by Crippen LogP contribution is -1.68. The second-order valence-corrected chi connectivity index (χ2v) is 3.63. The predicted molar refractivity (Wildman–Crippen MR) is 49.3 cm³/mol. The van der Waals surface area contributed by atoms with Gasteiger partial charge in [0.15, 0.2) is 5.01 Å². The molecule has 12 heavy (non-hydrogen) atoms. The van der Waals surface area contributed by atoms with Crippen LogP contribution in [-0.2, 0) is 0 Å². The zero-order valence-electron chi connectivity index (χ0n) is 5.91. The van der Waals surface area contributed by atoms with E-state index in [-0.39, 0.29) is 0 Å². The monoisotopic (exact) mass is 194 g/mol. The van der Waals surface area contributed by atoms with Crippen LogP contribution in [0.2, 0.25) is 5.02 Å². The molecular formula is C8H3ClN2S. The Hall–Kier alpha value is -1.11. The maximum Gasteiger partial charge on any atom is 0.195 e. The molecule has 0 unspecified atom stereocenters. The van der Waals surface area contributed by atoms with E-state index in [0.717, 1.165) is 10.2 Å². The topological polar surface area (TPSA) is 36.7 Å². The molecule has 58 valence electrons. The fourth-order valence-electron chi connectivity index (χ4n) is 0.963. The summed E-state index contributed by atoms with van der Waals surface area (Å²) in [6, 6.07) is 7.46. The highest BCUT2D eigenvalue weighted by Crippen LogP contribution is 2.28. The van der Waals surface area contributed by atoms with E-state index in [1.807, 2.05) is 18.2 Å². The first kappa shape index (κ1) is 7.53. The van der Waals surface area contributed by atoms with Gasteiger partial charge in [-0.05, 0) is 12.1 Å². The third kappa shape index (κ3) is 1.06. The molecule has 2 aromatic rings. The van der Waals surface area contributed by atoms with Crippen LogP contribution in [-0.4, -0.2) is 4.98 Å². The quantitative estimate of drug-likeness (QED) is 0.647. The van der Waals surface area contributed by atoms with Crippen LogP contribution in [0.15, 0.2) is 18.2 Å². The van der Waals surface area contributed by atoms with Gasteiger partial charge in [0.25, 0.3) is 0 Å². The zero-order chi connectivity index (χ0) is 8.55. The molecule has 0 radical (unpaired) electrons. The Labute approximate surface area is 78.0 Å². The first-order valence-electron chi connectivity index (χ1n) is 3.26. The number of thiazole rings is 1. The maximum absolute atomic E-state index is 8.58. The molecule has 1 heterocycles. The molecule has 0 bridgehead atoms. The van der Waals surface area contributed by atoms with Gasteiger partial charge in [-0.3, -0.25) is 0 Å². The molecule has 0 aliphatic rings. The molecule has 0 spiro atoms. The lowest BCUT2D eigenvalue weighted by molar-refractivity contribution is 1.40. The third-order valence-electron chi connectivity index (χ3n) is 1.46. The van der Waals surface area contributed by atoms with Crippen molar-refractivity contribution >= 4 is 33.2 Å². The van der Waals surface area contributed by atoms with Gasteiger partial charge < -0.3 is 0 Å². The molecule has 0 aliphatic carbocycles. The van der Waals surface area contributed by atoms with Crippen molar-refractivity contribution in [3.63, 3.8) is 0 Å². The number of halogens is 1. The number of rotatable bonds is 0. The van der Waals surface area contributed by atoms with E-state index in [0.29, 0.717) is 10.0 Å². The van der Waals surface area contributed by atoms with Crippen molar-refractivity contribution in [1.82, 2.24) is 4.98 Å². The van der Waals surface area contributed by atoms with Crippen molar-refractivity contribution in [3.05, 3.63) is 28.2 Å². The average Bonchev–Trinajstić information content (AvgIpc) is 2.49. The van der Waals surface area contributed by atoms with Crippen LogP contribution in [0.3, 0.4) is 0 Å². The lowest BCUT2D eigenvalue weighted by atomic mass is 10.3. The highest BCUT2D eigenvalue weighted by molar-refractivity contribution is 7.19. The molecule has 0 saturated heterocycles. The zero-order valence-corrected chi connectivity index (χ0v) is 7.49. The van der Waals surface area contributed by atoms with Crippen LogP contribution in [0.25, 0.3) is 10.2 Å². The summed E-state index contributed by atoms with van der Waals surface area (Å²) < 4.78 is 0.885. The van der Waals surface area contributed by atoms with Crippen molar-refractivity contribution in [2.24, 2.45) is 0 Å². The molecule has 2 rings (SSSR count). The third-order valence-corrected chi connectivity index (χ3v) is 2.90. The van der Waals surface area contributed by atoms with E-state index in [1.54, 1.807) is 6.07 Å². The van der Waals surface area contributed by atoms with Gasteiger partial charge in [0, 0.05) is 0 Å². The van der Waals surface area contributed by atoms with Gasteiger partial charge in [-0.15, -0.1) is 11.3 Å². The summed E-state index contributed by atoms with van der Waals surface area (Å²) in [7, 11) is 0. The predicted octanol–water partition coefficient (Wildman–Crippen LogP) is 2.82. The van der Waals surface area contributed by atoms with Gasteiger partial charge in [-0.2, -0.15) is 5.26 Å². The van der Waals surface area contributed by atoms with Gasteiger partial charge >= 0.3 is 0 Å². The summed E-state index contributed by atoms with van der Waals surface area (Å²) in [5, 5.41) is 9.70. The summed E-state index contributed by atoms with van der Waals surface area (Å²) in [5.74, 6) is 0. The summed E-state index contributed by atoms with van der Waals surface area (Å²) in [6.07, 6.45) is 0. The van der Waals surface area contributed by atoms with Crippen LogP contribution in [0, 0.1) is 11.3 Å². The molecule has 0 N–H and O–H groups in total. The molecule has 4 heteroatoms. The highest BCUT2D eigenvalue weighted by Gasteiger charge is 2.04. The Morgan fingerprint density at radius 1 is 1.50 bits per heavy atom. The molecule has 1 aromatic heterocycles. The summed E-state index contributed by atoms with van der Waals surface area (Å²) >= 11 is 7.21. The molecule has 0 amide bonds. The fraction of sp³-hybridized carbons (Fsp3) is 0. The van der Waals surface area contributed by atoms with Gasteiger partial charge in [0.1, 0.15) is 6.07 Å². The van der Waals surface area contributed by atoms with Gasteiger partial charge in [0.2, 0.25) is 0 Å². The first-order valence-corrected chi connectivity index (χ1v) is 4.46. The van der Waals surface area contributed by atoms with Crippen molar-refractivity contribution < 1.29 is 0 Å². The van der Waals surface area contributed by atoms with E-state index < -0.39 is 0 Å². The van der Waals surface area contributed by atoms with Crippen molar-refractivity contribution in [3.8, 4) is 6.07 Å². The van der Waals surface area contributed by atoms with Crippen molar-refractivity contribution in [2.45, 2.75) is 0 Å². The van der Waals surface area contributed by atoms with E-state index in [4.69, 9.17) is 16.9 Å². The SMILES string of the molecule is N#Cc1nc2cccc(Cl)c2s1. The van der Waals surface area contributed by atoms with Crippen LogP contribution in [0.4, 0.5) is 0 Å². The van der Waals surface area contributed by atoms with Gasteiger partial charge in [-0.25, -0.2) is 4.98 Å². The van der Waals surface area contributed by atoms with Crippen LogP contribution in [0.5, 0.6) is 0 Å². The normalized spacial score (nSPS) is 10.0. The Morgan fingerprint density at radius 3 is 3.00 bits per heavy atom. The minimum absolute atomic E-state index is 0.457. The number of hydrogen-bond donors (Lipinski definition) is 0. The molecule has 0 fully saturated rings. The van der Waals surface area contributed by atoms with Gasteiger partial charge in [-0.1, -0.05) is 17.7 Å². The van der Waals surface area contributed by atoms with Crippen LogP contribution >= 0.6 is 22.9 Å². The Bertz CT molecular complexity index is 469. The number of nitriles is 1. The Morgan fingerprint density at radius 2 is 2.33 bits per heavy atom. The highest BCUT2D eigenvalue weighted by atomic mass is 35.5. The minimum Gasteiger partial charge on any atom is -0.226 e. The summed E-state index contributed by atoms with van der Waals surface area (Å²) in [6.45, 7) is 0. The molecule has 1 aromatic carbocycles. The van der Waals surface area contributed by atoms with Gasteiger partial charge in [0.05, 0.1) is 15.2 Å². The summed E-state index contributed by atoms with van der Waals surface area (Å²) in [4.78, 5) is 4.06. The summed E-state index contributed by atoms with van der Waals surface area (Å²) in [5.41, 5.74) is 0.795. The van der Waals surface area contributed by atoms with E-state index in [2.05, 4.69) is 4.98 Å².